The molecule has 0 spiro atoms. The summed E-state index contributed by atoms with van der Waals surface area (Å²) in [4.78, 5) is 4.64. The fourth-order valence-electron chi connectivity index (χ4n) is 3.35. The van der Waals surface area contributed by atoms with Gasteiger partial charge in [-0.3, -0.25) is 0 Å². The van der Waals surface area contributed by atoms with E-state index in [-0.39, 0.29) is 6.10 Å². The van der Waals surface area contributed by atoms with Gasteiger partial charge in [-0.1, -0.05) is 37.3 Å². The van der Waals surface area contributed by atoms with Crippen LogP contribution in [0, 0.1) is 6.92 Å². The normalized spacial score (nSPS) is 12.1. The minimum absolute atomic E-state index is 0.0507. The molecule has 0 aliphatic rings. The highest BCUT2D eigenvalue weighted by Gasteiger charge is 2.13. The van der Waals surface area contributed by atoms with Gasteiger partial charge in [0.1, 0.15) is 11.5 Å². The van der Waals surface area contributed by atoms with Gasteiger partial charge >= 0.3 is 0 Å². The maximum Gasteiger partial charge on any atom is 0.226 e. The van der Waals surface area contributed by atoms with Gasteiger partial charge in [0.2, 0.25) is 5.89 Å². The monoisotopic (exact) mass is 423 g/mol. The first-order valence-electron chi connectivity index (χ1n) is 11.1. The molecular formula is C26H33NO4. The summed E-state index contributed by atoms with van der Waals surface area (Å²) in [5.74, 6) is 2.33. The number of nitrogens with zero attached hydrogens (tertiary/aromatic N) is 1. The Morgan fingerprint density at radius 2 is 1.71 bits per heavy atom. The van der Waals surface area contributed by atoms with E-state index >= 15 is 0 Å². The van der Waals surface area contributed by atoms with Crippen LogP contribution < -0.4 is 4.74 Å². The summed E-state index contributed by atoms with van der Waals surface area (Å²) in [5.41, 5.74) is 3.07. The van der Waals surface area contributed by atoms with E-state index in [2.05, 4.69) is 24.0 Å². The van der Waals surface area contributed by atoms with Crippen LogP contribution >= 0.6 is 0 Å². The van der Waals surface area contributed by atoms with Crippen molar-refractivity contribution in [3.8, 4) is 17.2 Å². The molecule has 1 atom stereocenters. The third kappa shape index (κ3) is 6.94. The molecule has 166 valence electrons. The molecule has 0 amide bonds. The Morgan fingerprint density at radius 3 is 2.42 bits per heavy atom. The Morgan fingerprint density at radius 1 is 0.935 bits per heavy atom. The highest BCUT2D eigenvalue weighted by molar-refractivity contribution is 5.53. The van der Waals surface area contributed by atoms with Crippen LogP contribution in [-0.2, 0) is 15.9 Å². The molecule has 0 N–H and O–H groups in total. The zero-order valence-corrected chi connectivity index (χ0v) is 18.8. The van der Waals surface area contributed by atoms with E-state index in [1.54, 1.807) is 0 Å². The predicted octanol–water partition coefficient (Wildman–Crippen LogP) is 6.17. The SMILES string of the molecule is CCCOC(CCOCC)c1ccc(OCCc2nc(-c3ccccc3)oc2C)cc1. The molecule has 0 bridgehead atoms. The van der Waals surface area contributed by atoms with Gasteiger partial charge in [-0.2, -0.15) is 0 Å². The third-order valence-electron chi connectivity index (χ3n) is 5.02. The Balaban J connectivity index is 1.53. The Kier molecular flexibility index (Phi) is 9.13. The molecule has 0 fully saturated rings. The minimum Gasteiger partial charge on any atom is -0.493 e. The zero-order valence-electron chi connectivity index (χ0n) is 18.8. The van der Waals surface area contributed by atoms with E-state index in [0.717, 1.165) is 54.4 Å². The van der Waals surface area contributed by atoms with Crippen LogP contribution in [0.3, 0.4) is 0 Å². The summed E-state index contributed by atoms with van der Waals surface area (Å²) in [6.07, 6.45) is 2.60. The highest BCUT2D eigenvalue weighted by Crippen LogP contribution is 2.25. The topological polar surface area (TPSA) is 53.7 Å². The number of ether oxygens (including phenoxy) is 3. The van der Waals surface area contributed by atoms with Crippen molar-refractivity contribution in [1.82, 2.24) is 4.98 Å². The quantitative estimate of drug-likeness (QED) is 0.308. The lowest BCUT2D eigenvalue weighted by atomic mass is 10.1. The van der Waals surface area contributed by atoms with Crippen molar-refractivity contribution in [3.05, 3.63) is 71.6 Å². The number of hydrogen-bond donors (Lipinski definition) is 0. The standard InChI is InChI=1S/C26H33NO4/c1-4-17-30-25(16-18-28-5-2)21-11-13-23(14-12-21)29-19-15-24-20(3)31-26(27-24)22-9-7-6-8-10-22/h6-14,25H,4-5,15-19H2,1-3H3. The molecule has 3 aromatic rings. The second-order valence-electron chi connectivity index (χ2n) is 7.40. The fraction of sp³-hybridized carbons (Fsp3) is 0.423. The van der Waals surface area contributed by atoms with Gasteiger partial charge in [-0.05, 0) is 50.1 Å². The average Bonchev–Trinajstić information content (AvgIpc) is 3.18. The number of hydrogen-bond acceptors (Lipinski definition) is 5. The van der Waals surface area contributed by atoms with Gasteiger partial charge < -0.3 is 18.6 Å². The Labute approximate surface area is 185 Å². The van der Waals surface area contributed by atoms with E-state index in [4.69, 9.17) is 18.6 Å². The molecule has 0 saturated heterocycles. The van der Waals surface area contributed by atoms with E-state index in [9.17, 15) is 0 Å². The van der Waals surface area contributed by atoms with Crippen molar-refractivity contribution in [2.75, 3.05) is 26.4 Å². The molecule has 31 heavy (non-hydrogen) atoms. The first kappa shape index (κ1) is 23.0. The molecule has 2 aromatic carbocycles. The van der Waals surface area contributed by atoms with Crippen LogP contribution in [0.1, 0.15) is 49.8 Å². The smallest absolute Gasteiger partial charge is 0.226 e. The van der Waals surface area contributed by atoms with Crippen molar-refractivity contribution < 1.29 is 18.6 Å². The van der Waals surface area contributed by atoms with Gasteiger partial charge in [0.25, 0.3) is 0 Å². The fourth-order valence-corrected chi connectivity index (χ4v) is 3.35. The summed E-state index contributed by atoms with van der Waals surface area (Å²) in [6.45, 7) is 8.80. The van der Waals surface area contributed by atoms with Crippen molar-refractivity contribution in [1.29, 1.82) is 0 Å². The van der Waals surface area contributed by atoms with Crippen molar-refractivity contribution in [3.63, 3.8) is 0 Å². The lowest BCUT2D eigenvalue weighted by molar-refractivity contribution is 0.0223. The van der Waals surface area contributed by atoms with Crippen LogP contribution in [0.2, 0.25) is 0 Å². The van der Waals surface area contributed by atoms with Gasteiger partial charge in [-0.25, -0.2) is 4.98 Å². The Bertz CT molecular complexity index is 890. The highest BCUT2D eigenvalue weighted by atomic mass is 16.5. The van der Waals surface area contributed by atoms with Crippen LogP contribution in [-0.4, -0.2) is 31.4 Å². The van der Waals surface area contributed by atoms with Crippen LogP contribution in [0.25, 0.3) is 11.5 Å². The molecular weight excluding hydrogens is 390 g/mol. The summed E-state index contributed by atoms with van der Waals surface area (Å²) in [5, 5.41) is 0. The molecule has 1 heterocycles. The third-order valence-corrected chi connectivity index (χ3v) is 5.02. The lowest BCUT2D eigenvalue weighted by Gasteiger charge is -2.18. The molecule has 1 unspecified atom stereocenters. The van der Waals surface area contributed by atoms with Gasteiger partial charge in [-0.15, -0.1) is 0 Å². The first-order chi connectivity index (χ1) is 15.2. The minimum atomic E-state index is 0.0507. The number of aryl methyl sites for hydroxylation is 1. The largest absolute Gasteiger partial charge is 0.493 e. The second kappa shape index (κ2) is 12.3. The molecule has 0 aliphatic heterocycles. The Hall–Kier alpha value is -2.63. The van der Waals surface area contributed by atoms with E-state index in [0.29, 0.717) is 25.5 Å². The van der Waals surface area contributed by atoms with Gasteiger partial charge in [0.15, 0.2) is 0 Å². The van der Waals surface area contributed by atoms with Crippen molar-refractivity contribution >= 4 is 0 Å². The van der Waals surface area contributed by atoms with E-state index < -0.39 is 0 Å². The summed E-state index contributed by atoms with van der Waals surface area (Å²) in [6, 6.07) is 18.1. The zero-order chi connectivity index (χ0) is 21.9. The molecule has 0 aliphatic carbocycles. The van der Waals surface area contributed by atoms with E-state index in [1.165, 1.54) is 0 Å². The second-order valence-corrected chi connectivity index (χ2v) is 7.40. The summed E-state index contributed by atoms with van der Waals surface area (Å²) < 4.78 is 23.3. The van der Waals surface area contributed by atoms with Gasteiger partial charge in [0, 0.05) is 38.2 Å². The molecule has 1 aromatic heterocycles. The first-order valence-corrected chi connectivity index (χ1v) is 11.1. The van der Waals surface area contributed by atoms with E-state index in [1.807, 2.05) is 56.3 Å². The molecule has 5 heteroatoms. The molecule has 0 saturated carbocycles. The van der Waals surface area contributed by atoms with Crippen molar-refractivity contribution in [2.24, 2.45) is 0 Å². The molecule has 3 rings (SSSR count). The maximum atomic E-state index is 6.02. The lowest BCUT2D eigenvalue weighted by Crippen LogP contribution is -2.09. The maximum absolute atomic E-state index is 6.02. The summed E-state index contributed by atoms with van der Waals surface area (Å²) in [7, 11) is 0. The molecule has 5 nitrogen and oxygen atoms in total. The van der Waals surface area contributed by atoms with Crippen LogP contribution in [0.4, 0.5) is 0 Å². The van der Waals surface area contributed by atoms with Gasteiger partial charge in [0.05, 0.1) is 18.4 Å². The van der Waals surface area contributed by atoms with Crippen LogP contribution in [0.5, 0.6) is 5.75 Å². The molecule has 0 radical (unpaired) electrons. The number of rotatable bonds is 13. The van der Waals surface area contributed by atoms with Crippen LogP contribution in [0.15, 0.2) is 59.0 Å². The number of aromatic nitrogens is 1. The average molecular weight is 424 g/mol. The van der Waals surface area contributed by atoms with Crippen molar-refractivity contribution in [2.45, 2.75) is 46.1 Å². The number of oxazole rings is 1. The number of benzene rings is 2. The predicted molar refractivity (Wildman–Crippen MR) is 122 cm³/mol. The summed E-state index contributed by atoms with van der Waals surface area (Å²) >= 11 is 0.